The van der Waals surface area contributed by atoms with Crippen molar-refractivity contribution in [2.24, 2.45) is 0 Å². The van der Waals surface area contributed by atoms with E-state index in [0.29, 0.717) is 0 Å². The number of pyridine rings is 1. The normalized spacial score (nSPS) is 14.0. The standard InChI is InChI=1S/C22H19ClF4N4O2S/c23-15-9-20(34(32,33)30-22-4-1-3-21(27)29-22)18(26)10-19(15)28-11-13-14(12-31-7-2-8-31)17(25)6-5-16(13)24/h1,3-6,9-10,28H,2,7-8,11-12H2,(H,29,30). The Kier molecular flexibility index (Phi) is 6.96. The Morgan fingerprint density at radius 2 is 1.68 bits per heavy atom. The number of halogens is 5. The van der Waals surface area contributed by atoms with Gasteiger partial charge < -0.3 is 5.32 Å². The van der Waals surface area contributed by atoms with E-state index < -0.39 is 38.3 Å². The molecule has 2 aromatic carbocycles. The highest BCUT2D eigenvalue weighted by Gasteiger charge is 2.24. The van der Waals surface area contributed by atoms with Crippen LogP contribution in [0.2, 0.25) is 5.02 Å². The van der Waals surface area contributed by atoms with Gasteiger partial charge in [-0.15, -0.1) is 0 Å². The molecule has 0 saturated carbocycles. The Hall–Kier alpha value is -2.89. The SMILES string of the molecule is O=S(=O)(Nc1cccc(F)n1)c1cc(Cl)c(NCc2c(F)ccc(F)c2CN2CCC2)cc1F. The number of aromatic nitrogens is 1. The van der Waals surface area contributed by atoms with Crippen LogP contribution >= 0.6 is 11.6 Å². The van der Waals surface area contributed by atoms with Gasteiger partial charge in [-0.1, -0.05) is 17.7 Å². The van der Waals surface area contributed by atoms with Crippen LogP contribution in [0.15, 0.2) is 47.4 Å². The van der Waals surface area contributed by atoms with Crippen molar-refractivity contribution < 1.29 is 26.0 Å². The van der Waals surface area contributed by atoms with Crippen LogP contribution in [0.3, 0.4) is 0 Å². The maximum atomic E-state index is 14.7. The molecule has 3 aromatic rings. The van der Waals surface area contributed by atoms with E-state index in [4.69, 9.17) is 11.6 Å². The first-order valence-corrected chi connectivity index (χ1v) is 12.1. The third-order valence-corrected chi connectivity index (χ3v) is 7.05. The summed E-state index contributed by atoms with van der Waals surface area (Å²) in [5.74, 6) is -3.60. The van der Waals surface area contributed by atoms with Gasteiger partial charge in [-0.3, -0.25) is 9.62 Å². The molecule has 1 aliphatic rings. The third-order valence-electron chi connectivity index (χ3n) is 5.37. The van der Waals surface area contributed by atoms with Gasteiger partial charge in [-0.25, -0.2) is 26.6 Å². The molecule has 0 unspecified atom stereocenters. The summed E-state index contributed by atoms with van der Waals surface area (Å²) < 4.78 is 83.9. The maximum Gasteiger partial charge on any atom is 0.266 e. The monoisotopic (exact) mass is 514 g/mol. The predicted molar refractivity (Wildman–Crippen MR) is 120 cm³/mol. The van der Waals surface area contributed by atoms with E-state index in [1.807, 2.05) is 9.62 Å². The third kappa shape index (κ3) is 5.26. The van der Waals surface area contributed by atoms with Gasteiger partial charge in [-0.05, 0) is 55.9 Å². The molecule has 1 saturated heterocycles. The molecule has 0 amide bonds. The molecule has 180 valence electrons. The number of nitrogens with one attached hydrogen (secondary N) is 2. The van der Waals surface area contributed by atoms with E-state index in [1.165, 1.54) is 12.1 Å². The number of sulfonamides is 1. The van der Waals surface area contributed by atoms with Crippen molar-refractivity contribution in [3.8, 4) is 0 Å². The van der Waals surface area contributed by atoms with Gasteiger partial charge in [0.1, 0.15) is 28.2 Å². The largest absolute Gasteiger partial charge is 0.380 e. The molecule has 2 N–H and O–H groups in total. The van der Waals surface area contributed by atoms with Crippen molar-refractivity contribution in [2.45, 2.75) is 24.4 Å². The number of hydrogen-bond donors (Lipinski definition) is 2. The number of hydrogen-bond acceptors (Lipinski definition) is 5. The van der Waals surface area contributed by atoms with Crippen LogP contribution in [-0.4, -0.2) is 31.4 Å². The minimum Gasteiger partial charge on any atom is -0.380 e. The quantitative estimate of drug-likeness (QED) is 0.330. The fourth-order valence-electron chi connectivity index (χ4n) is 3.47. The van der Waals surface area contributed by atoms with Crippen molar-refractivity contribution in [3.05, 3.63) is 82.0 Å². The molecule has 2 heterocycles. The van der Waals surface area contributed by atoms with Crippen LogP contribution in [-0.2, 0) is 23.1 Å². The lowest BCUT2D eigenvalue weighted by Gasteiger charge is -2.31. The van der Waals surface area contributed by atoms with Gasteiger partial charge in [0.2, 0.25) is 5.95 Å². The molecular weight excluding hydrogens is 496 g/mol. The smallest absolute Gasteiger partial charge is 0.266 e. The summed E-state index contributed by atoms with van der Waals surface area (Å²) in [6.45, 7) is 1.60. The Bertz CT molecular complexity index is 1340. The molecule has 0 radical (unpaired) electrons. The minimum atomic E-state index is -4.48. The highest BCUT2D eigenvalue weighted by Crippen LogP contribution is 2.30. The van der Waals surface area contributed by atoms with E-state index in [1.54, 1.807) is 0 Å². The Morgan fingerprint density at radius 3 is 2.32 bits per heavy atom. The summed E-state index contributed by atoms with van der Waals surface area (Å²) in [6.07, 6.45) is 0.985. The first-order chi connectivity index (χ1) is 16.1. The maximum absolute atomic E-state index is 14.7. The average Bonchev–Trinajstić information content (AvgIpc) is 2.73. The summed E-state index contributed by atoms with van der Waals surface area (Å²) in [5, 5.41) is 2.58. The van der Waals surface area contributed by atoms with E-state index >= 15 is 0 Å². The Balaban J connectivity index is 1.56. The van der Waals surface area contributed by atoms with E-state index in [2.05, 4.69) is 10.3 Å². The second kappa shape index (κ2) is 9.77. The summed E-state index contributed by atoms with van der Waals surface area (Å²) >= 11 is 6.16. The van der Waals surface area contributed by atoms with Crippen LogP contribution < -0.4 is 10.0 Å². The molecule has 12 heteroatoms. The summed E-state index contributed by atoms with van der Waals surface area (Å²) in [7, 11) is -4.48. The van der Waals surface area contributed by atoms with Crippen LogP contribution in [0.4, 0.5) is 29.1 Å². The molecule has 0 atom stereocenters. The molecule has 1 aromatic heterocycles. The van der Waals surface area contributed by atoms with Gasteiger partial charge in [-0.2, -0.15) is 4.39 Å². The molecule has 0 spiro atoms. The molecular formula is C22H19ClF4N4O2S. The lowest BCUT2D eigenvalue weighted by Crippen LogP contribution is -2.37. The number of likely N-dealkylation sites (tertiary alicyclic amines) is 1. The lowest BCUT2D eigenvalue weighted by atomic mass is 10.0. The van der Waals surface area contributed by atoms with Crippen molar-refractivity contribution in [1.29, 1.82) is 0 Å². The molecule has 4 rings (SSSR count). The first-order valence-electron chi connectivity index (χ1n) is 10.2. The fraction of sp³-hybridized carbons (Fsp3) is 0.227. The summed E-state index contributed by atoms with van der Waals surface area (Å²) in [5.41, 5.74) is 0.245. The summed E-state index contributed by atoms with van der Waals surface area (Å²) in [4.78, 5) is 4.56. The highest BCUT2D eigenvalue weighted by atomic mass is 35.5. The van der Waals surface area contributed by atoms with Crippen LogP contribution in [0.1, 0.15) is 17.5 Å². The topological polar surface area (TPSA) is 74.3 Å². The van der Waals surface area contributed by atoms with Gasteiger partial charge >= 0.3 is 0 Å². The van der Waals surface area contributed by atoms with Crippen molar-refractivity contribution in [3.63, 3.8) is 0 Å². The number of rotatable bonds is 8. The zero-order valence-corrected chi connectivity index (χ0v) is 19.2. The van der Waals surface area contributed by atoms with Crippen molar-refractivity contribution in [2.75, 3.05) is 23.1 Å². The van der Waals surface area contributed by atoms with Gasteiger partial charge in [0.15, 0.2) is 0 Å². The van der Waals surface area contributed by atoms with Gasteiger partial charge in [0.05, 0.1) is 10.7 Å². The number of anilines is 2. The zero-order chi connectivity index (χ0) is 24.5. The van der Waals surface area contributed by atoms with E-state index in [-0.39, 0.29) is 40.7 Å². The predicted octanol–water partition coefficient (Wildman–Crippen LogP) is 4.91. The van der Waals surface area contributed by atoms with E-state index in [0.717, 1.165) is 49.8 Å². The minimum absolute atomic E-state index is 0.0134. The first kappa shape index (κ1) is 24.2. The summed E-state index contributed by atoms with van der Waals surface area (Å²) in [6, 6.07) is 7.22. The zero-order valence-electron chi connectivity index (χ0n) is 17.6. The van der Waals surface area contributed by atoms with Crippen molar-refractivity contribution in [1.82, 2.24) is 9.88 Å². The molecule has 34 heavy (non-hydrogen) atoms. The number of nitrogens with zero attached hydrogens (tertiary/aromatic N) is 2. The van der Waals surface area contributed by atoms with Crippen molar-refractivity contribution >= 4 is 33.1 Å². The second-order valence-corrected chi connectivity index (χ2v) is 9.74. The van der Waals surface area contributed by atoms with E-state index in [9.17, 15) is 26.0 Å². The molecule has 0 bridgehead atoms. The van der Waals surface area contributed by atoms with Crippen LogP contribution in [0.5, 0.6) is 0 Å². The van der Waals surface area contributed by atoms with Crippen LogP contribution in [0.25, 0.3) is 0 Å². The second-order valence-electron chi connectivity index (χ2n) is 7.68. The molecule has 6 nitrogen and oxygen atoms in total. The number of benzene rings is 2. The fourth-order valence-corrected chi connectivity index (χ4v) is 4.86. The van der Waals surface area contributed by atoms with Crippen LogP contribution in [0, 0.1) is 23.4 Å². The van der Waals surface area contributed by atoms with Gasteiger partial charge in [0.25, 0.3) is 10.0 Å². The average molecular weight is 515 g/mol. The van der Waals surface area contributed by atoms with Gasteiger partial charge in [0, 0.05) is 24.2 Å². The molecule has 1 aliphatic heterocycles. The lowest BCUT2D eigenvalue weighted by molar-refractivity contribution is 0.169. The Labute approximate surface area is 198 Å². The molecule has 1 fully saturated rings. The Morgan fingerprint density at radius 1 is 0.971 bits per heavy atom. The molecule has 0 aliphatic carbocycles. The highest BCUT2D eigenvalue weighted by molar-refractivity contribution is 7.92.